The van der Waals surface area contributed by atoms with Gasteiger partial charge in [-0.3, -0.25) is 14.5 Å². The third-order valence-electron chi connectivity index (χ3n) is 5.87. The van der Waals surface area contributed by atoms with Crippen LogP contribution in [0.4, 0.5) is 9.18 Å². The molecule has 7 nitrogen and oxygen atoms in total. The van der Waals surface area contributed by atoms with Crippen LogP contribution in [0.15, 0.2) is 48.5 Å². The van der Waals surface area contributed by atoms with Gasteiger partial charge in [0, 0.05) is 32.1 Å². The molecule has 2 aliphatic rings. The van der Waals surface area contributed by atoms with Gasteiger partial charge in [0.15, 0.2) is 6.61 Å². The number of ether oxygens (including phenoxy) is 1. The van der Waals surface area contributed by atoms with Crippen molar-refractivity contribution in [2.75, 3.05) is 26.2 Å². The van der Waals surface area contributed by atoms with E-state index in [9.17, 15) is 18.8 Å². The molecule has 1 heterocycles. The molecule has 0 aromatic heterocycles. The summed E-state index contributed by atoms with van der Waals surface area (Å²) in [5, 5.41) is 2.87. The van der Waals surface area contributed by atoms with E-state index in [0.29, 0.717) is 43.3 Å². The van der Waals surface area contributed by atoms with Gasteiger partial charge in [-0.05, 0) is 55.0 Å². The van der Waals surface area contributed by atoms with Gasteiger partial charge in [0.1, 0.15) is 11.6 Å². The van der Waals surface area contributed by atoms with E-state index < -0.39 is 0 Å². The van der Waals surface area contributed by atoms with Gasteiger partial charge in [-0.25, -0.2) is 9.18 Å². The van der Waals surface area contributed by atoms with E-state index in [0.717, 1.165) is 18.4 Å². The molecule has 1 saturated carbocycles. The highest BCUT2D eigenvalue weighted by atomic mass is 19.1. The summed E-state index contributed by atoms with van der Waals surface area (Å²) in [5.74, 6) is -0.00738. The zero-order valence-electron chi connectivity index (χ0n) is 18.5. The maximum absolute atomic E-state index is 13.9. The minimum atomic E-state index is -0.329. The van der Waals surface area contributed by atoms with Gasteiger partial charge in [0.25, 0.3) is 5.91 Å². The molecule has 2 fully saturated rings. The standard InChI is InChI=1S/C25H28FN3O4/c26-22-4-2-1-3-19(22)12-14-28-15-13-24(31)29(25(28)32)16-11-18-5-9-21(10-6-18)33-17-23(30)27-20-7-8-20/h1-6,9-10,20H,7-8,11-17H2,(H,27,30). The number of hydrogen-bond donors (Lipinski definition) is 1. The minimum Gasteiger partial charge on any atom is -0.484 e. The lowest BCUT2D eigenvalue weighted by Gasteiger charge is -2.34. The Hall–Kier alpha value is -3.42. The maximum atomic E-state index is 13.9. The topological polar surface area (TPSA) is 79.0 Å². The molecule has 0 spiro atoms. The molecule has 4 amide bonds. The van der Waals surface area contributed by atoms with Crippen molar-refractivity contribution in [3.63, 3.8) is 0 Å². The number of nitrogens with zero attached hydrogens (tertiary/aromatic N) is 2. The van der Waals surface area contributed by atoms with Crippen molar-refractivity contribution in [1.29, 1.82) is 0 Å². The molecule has 33 heavy (non-hydrogen) atoms. The van der Waals surface area contributed by atoms with Gasteiger partial charge < -0.3 is 15.0 Å². The van der Waals surface area contributed by atoms with Gasteiger partial charge in [-0.1, -0.05) is 30.3 Å². The summed E-state index contributed by atoms with van der Waals surface area (Å²) >= 11 is 0. The number of halogens is 1. The van der Waals surface area contributed by atoms with Gasteiger partial charge in [-0.15, -0.1) is 0 Å². The summed E-state index contributed by atoms with van der Waals surface area (Å²) in [5.41, 5.74) is 1.51. The maximum Gasteiger partial charge on any atom is 0.326 e. The summed E-state index contributed by atoms with van der Waals surface area (Å²) in [6.45, 7) is 0.972. The molecular formula is C25H28FN3O4. The molecule has 0 bridgehead atoms. The zero-order valence-corrected chi connectivity index (χ0v) is 18.5. The first-order valence-corrected chi connectivity index (χ1v) is 11.3. The fourth-order valence-corrected chi connectivity index (χ4v) is 3.76. The van der Waals surface area contributed by atoms with E-state index in [1.165, 1.54) is 11.0 Å². The quantitative estimate of drug-likeness (QED) is 0.600. The van der Waals surface area contributed by atoms with E-state index >= 15 is 0 Å². The van der Waals surface area contributed by atoms with Crippen LogP contribution in [0.3, 0.4) is 0 Å². The summed E-state index contributed by atoms with van der Waals surface area (Å²) < 4.78 is 19.4. The average molecular weight is 454 g/mol. The summed E-state index contributed by atoms with van der Waals surface area (Å²) in [7, 11) is 0. The lowest BCUT2D eigenvalue weighted by Crippen LogP contribution is -2.53. The fourth-order valence-electron chi connectivity index (χ4n) is 3.76. The van der Waals surface area contributed by atoms with Crippen LogP contribution >= 0.6 is 0 Å². The summed E-state index contributed by atoms with van der Waals surface area (Å²) in [6.07, 6.45) is 3.25. The van der Waals surface area contributed by atoms with Gasteiger partial charge in [0.2, 0.25) is 5.91 Å². The van der Waals surface area contributed by atoms with Crippen LogP contribution in [0.1, 0.15) is 30.4 Å². The second-order valence-electron chi connectivity index (χ2n) is 8.43. The Morgan fingerprint density at radius 1 is 1.03 bits per heavy atom. The van der Waals surface area contributed by atoms with Crippen LogP contribution in [0.2, 0.25) is 0 Å². The Morgan fingerprint density at radius 2 is 1.79 bits per heavy atom. The van der Waals surface area contributed by atoms with Crippen molar-refractivity contribution in [3.8, 4) is 5.75 Å². The first-order valence-electron chi connectivity index (χ1n) is 11.3. The number of benzene rings is 2. The molecule has 4 rings (SSSR count). The van der Waals surface area contributed by atoms with Gasteiger partial charge >= 0.3 is 6.03 Å². The monoisotopic (exact) mass is 453 g/mol. The molecule has 1 aliphatic heterocycles. The number of carbonyl (C=O) groups excluding carboxylic acids is 3. The first kappa shape index (κ1) is 22.8. The Morgan fingerprint density at radius 3 is 2.52 bits per heavy atom. The minimum absolute atomic E-state index is 0.0185. The van der Waals surface area contributed by atoms with Crippen molar-refractivity contribution in [1.82, 2.24) is 15.1 Å². The molecule has 0 atom stereocenters. The van der Waals surface area contributed by atoms with Crippen molar-refractivity contribution in [3.05, 3.63) is 65.5 Å². The van der Waals surface area contributed by atoms with E-state index in [1.807, 2.05) is 12.1 Å². The Bertz CT molecular complexity index is 1010. The lowest BCUT2D eigenvalue weighted by atomic mass is 10.1. The highest BCUT2D eigenvalue weighted by molar-refractivity contribution is 5.96. The number of carbonyl (C=O) groups is 3. The fraction of sp³-hybridized carbons (Fsp3) is 0.400. The highest BCUT2D eigenvalue weighted by Gasteiger charge is 2.31. The molecule has 0 unspecified atom stereocenters. The number of nitrogens with one attached hydrogen (secondary N) is 1. The zero-order chi connectivity index (χ0) is 23.2. The van der Waals surface area contributed by atoms with E-state index in [1.54, 1.807) is 35.2 Å². The predicted molar refractivity (Wildman–Crippen MR) is 120 cm³/mol. The van der Waals surface area contributed by atoms with Crippen LogP contribution in [0.25, 0.3) is 0 Å². The van der Waals surface area contributed by atoms with Crippen LogP contribution < -0.4 is 10.1 Å². The lowest BCUT2D eigenvalue weighted by molar-refractivity contribution is -0.131. The Labute approximate surface area is 192 Å². The van der Waals surface area contributed by atoms with E-state index in [2.05, 4.69) is 5.32 Å². The number of imide groups is 1. The van der Waals surface area contributed by atoms with Crippen LogP contribution in [-0.4, -0.2) is 59.9 Å². The molecule has 174 valence electrons. The summed E-state index contributed by atoms with van der Waals surface area (Å²) in [6, 6.07) is 13.8. The molecule has 1 aliphatic carbocycles. The largest absolute Gasteiger partial charge is 0.484 e. The summed E-state index contributed by atoms with van der Waals surface area (Å²) in [4.78, 5) is 39.8. The van der Waals surface area contributed by atoms with Crippen molar-refractivity contribution in [2.24, 2.45) is 0 Å². The molecule has 1 saturated heterocycles. The van der Waals surface area contributed by atoms with Gasteiger partial charge in [0.05, 0.1) is 0 Å². The number of hydrogen-bond acceptors (Lipinski definition) is 4. The van der Waals surface area contributed by atoms with Crippen molar-refractivity contribution in [2.45, 2.75) is 38.1 Å². The molecule has 2 aromatic carbocycles. The molecule has 0 radical (unpaired) electrons. The molecular weight excluding hydrogens is 425 g/mol. The number of amides is 4. The van der Waals surface area contributed by atoms with Gasteiger partial charge in [-0.2, -0.15) is 0 Å². The van der Waals surface area contributed by atoms with Crippen molar-refractivity contribution < 1.29 is 23.5 Å². The average Bonchev–Trinajstić information content (AvgIpc) is 3.63. The predicted octanol–water partition coefficient (Wildman–Crippen LogP) is 2.92. The van der Waals surface area contributed by atoms with E-state index in [-0.39, 0.29) is 43.2 Å². The molecule has 2 aromatic rings. The third kappa shape index (κ3) is 6.31. The normalized spacial score (nSPS) is 16.2. The van der Waals surface area contributed by atoms with Crippen LogP contribution in [0, 0.1) is 5.82 Å². The SMILES string of the molecule is O=C(COc1ccc(CCN2C(=O)CCN(CCc3ccccc3F)C2=O)cc1)NC1CC1. The second kappa shape index (κ2) is 10.5. The third-order valence-corrected chi connectivity index (χ3v) is 5.87. The highest BCUT2D eigenvalue weighted by Crippen LogP contribution is 2.19. The smallest absolute Gasteiger partial charge is 0.326 e. The van der Waals surface area contributed by atoms with Crippen molar-refractivity contribution >= 4 is 17.8 Å². The molecule has 8 heteroatoms. The van der Waals surface area contributed by atoms with E-state index in [4.69, 9.17) is 4.74 Å². The Kier molecular flexibility index (Phi) is 7.22. The second-order valence-corrected chi connectivity index (χ2v) is 8.43. The number of rotatable bonds is 10. The molecule has 1 N–H and O–H groups in total. The number of urea groups is 1. The van der Waals surface area contributed by atoms with Crippen LogP contribution in [0.5, 0.6) is 5.75 Å². The Balaban J connectivity index is 1.25. The van der Waals surface area contributed by atoms with Crippen LogP contribution in [-0.2, 0) is 22.4 Å². The first-order chi connectivity index (χ1) is 16.0.